The Balaban J connectivity index is 2.60. The molecule has 19 heavy (non-hydrogen) atoms. The largest absolute Gasteiger partial charge is 0.496 e. The Labute approximate surface area is 114 Å². The summed E-state index contributed by atoms with van der Waals surface area (Å²) in [5.41, 5.74) is 3.45. The fourth-order valence-corrected chi connectivity index (χ4v) is 1.86. The van der Waals surface area contributed by atoms with E-state index in [0.29, 0.717) is 13.0 Å². The van der Waals surface area contributed by atoms with Gasteiger partial charge in [0.05, 0.1) is 13.5 Å². The first-order valence-electron chi connectivity index (χ1n) is 6.34. The average molecular weight is 263 g/mol. The lowest BCUT2D eigenvalue weighted by Gasteiger charge is -2.12. The van der Waals surface area contributed by atoms with Crippen LogP contribution in [0.1, 0.15) is 30.0 Å². The zero-order valence-electron chi connectivity index (χ0n) is 12.0. The fraction of sp³-hybridized carbons (Fsp3) is 0.467. The molecule has 104 valence electrons. The van der Waals surface area contributed by atoms with Gasteiger partial charge in [0.15, 0.2) is 0 Å². The van der Waals surface area contributed by atoms with Crippen LogP contribution < -0.4 is 10.1 Å². The van der Waals surface area contributed by atoms with Crippen molar-refractivity contribution in [2.75, 3.05) is 13.7 Å². The Hall–Kier alpha value is -1.84. The quantitative estimate of drug-likeness (QED) is 0.798. The van der Waals surface area contributed by atoms with Gasteiger partial charge in [0.2, 0.25) is 5.91 Å². The summed E-state index contributed by atoms with van der Waals surface area (Å²) in [6, 6.07) is 4.08. The number of ketones is 1. The van der Waals surface area contributed by atoms with Crippen molar-refractivity contribution in [1.29, 1.82) is 0 Å². The fourth-order valence-electron chi connectivity index (χ4n) is 1.86. The first-order chi connectivity index (χ1) is 8.93. The number of carbonyl (C=O) groups excluding carboxylic acids is 2. The summed E-state index contributed by atoms with van der Waals surface area (Å²) in [6.07, 6.45) is 0.637. The van der Waals surface area contributed by atoms with E-state index in [4.69, 9.17) is 4.74 Å². The summed E-state index contributed by atoms with van der Waals surface area (Å²) in [5, 5.41) is 2.73. The summed E-state index contributed by atoms with van der Waals surface area (Å²) in [5.74, 6) is 0.487. The minimum absolute atomic E-state index is 0.0515. The lowest BCUT2D eigenvalue weighted by atomic mass is 10.0. The third kappa shape index (κ3) is 4.73. The molecule has 0 unspecified atom stereocenters. The predicted octanol–water partition coefficient (Wildman–Crippen LogP) is 1.95. The molecule has 4 heteroatoms. The maximum absolute atomic E-state index is 11.4. The predicted molar refractivity (Wildman–Crippen MR) is 74.5 cm³/mol. The van der Waals surface area contributed by atoms with Crippen LogP contribution in [0.4, 0.5) is 0 Å². The first-order valence-corrected chi connectivity index (χ1v) is 6.34. The van der Waals surface area contributed by atoms with Gasteiger partial charge in [-0.15, -0.1) is 0 Å². The summed E-state index contributed by atoms with van der Waals surface area (Å²) >= 11 is 0. The number of amides is 1. The number of Topliss-reactive ketones (excluding diaryl/α,β-unsaturated/α-hetero) is 1. The van der Waals surface area contributed by atoms with Gasteiger partial charge >= 0.3 is 0 Å². The average Bonchev–Trinajstić information content (AvgIpc) is 2.32. The molecule has 0 saturated heterocycles. The SMILES string of the molecule is COc1cc(C)c(C)cc1CCNC(=O)CC(C)=O. The number of rotatable bonds is 6. The molecule has 1 aromatic rings. The lowest BCUT2D eigenvalue weighted by molar-refractivity contribution is -0.127. The van der Waals surface area contributed by atoms with E-state index in [1.807, 2.05) is 19.9 Å². The van der Waals surface area contributed by atoms with Crippen molar-refractivity contribution >= 4 is 11.7 Å². The summed E-state index contributed by atoms with van der Waals surface area (Å²) < 4.78 is 5.34. The maximum Gasteiger partial charge on any atom is 0.227 e. The van der Waals surface area contributed by atoms with Gasteiger partial charge in [0, 0.05) is 6.54 Å². The number of benzene rings is 1. The van der Waals surface area contributed by atoms with Crippen LogP contribution in [0.5, 0.6) is 5.75 Å². The maximum atomic E-state index is 11.4. The molecular weight excluding hydrogens is 242 g/mol. The molecule has 0 saturated carbocycles. The number of hydrogen-bond acceptors (Lipinski definition) is 3. The van der Waals surface area contributed by atoms with Crippen LogP contribution in [-0.2, 0) is 16.0 Å². The molecule has 1 rings (SSSR count). The molecule has 4 nitrogen and oxygen atoms in total. The van der Waals surface area contributed by atoms with Gasteiger partial charge in [-0.25, -0.2) is 0 Å². The monoisotopic (exact) mass is 263 g/mol. The van der Waals surface area contributed by atoms with Crippen molar-refractivity contribution in [2.24, 2.45) is 0 Å². The van der Waals surface area contributed by atoms with Gasteiger partial charge in [0.25, 0.3) is 0 Å². The van der Waals surface area contributed by atoms with Crippen LogP contribution in [0.3, 0.4) is 0 Å². The molecule has 1 N–H and O–H groups in total. The number of nitrogens with one attached hydrogen (secondary N) is 1. The second kappa shape index (κ2) is 6.92. The molecule has 0 spiro atoms. The van der Waals surface area contributed by atoms with E-state index in [2.05, 4.69) is 11.4 Å². The van der Waals surface area contributed by atoms with Gasteiger partial charge in [-0.1, -0.05) is 6.07 Å². The van der Waals surface area contributed by atoms with Crippen molar-refractivity contribution < 1.29 is 14.3 Å². The third-order valence-electron chi connectivity index (χ3n) is 3.02. The minimum Gasteiger partial charge on any atom is -0.496 e. The van der Waals surface area contributed by atoms with Crippen LogP contribution in [0.2, 0.25) is 0 Å². The molecule has 0 aliphatic rings. The number of ether oxygens (including phenoxy) is 1. The van der Waals surface area contributed by atoms with E-state index >= 15 is 0 Å². The standard InChI is InChI=1S/C15H21NO3/c1-10-7-13(14(19-4)8-11(10)2)5-6-16-15(18)9-12(3)17/h7-8H,5-6,9H2,1-4H3,(H,16,18). The van der Waals surface area contributed by atoms with Gasteiger partial charge in [0.1, 0.15) is 11.5 Å². The topological polar surface area (TPSA) is 55.4 Å². The lowest BCUT2D eigenvalue weighted by Crippen LogP contribution is -2.27. The van der Waals surface area contributed by atoms with Crippen molar-refractivity contribution in [2.45, 2.75) is 33.6 Å². The highest BCUT2D eigenvalue weighted by molar-refractivity contribution is 5.96. The Morgan fingerprint density at radius 3 is 2.42 bits per heavy atom. The van der Waals surface area contributed by atoms with Crippen molar-refractivity contribution in [3.8, 4) is 5.75 Å². The Bertz CT molecular complexity index is 481. The van der Waals surface area contributed by atoms with E-state index in [0.717, 1.165) is 11.3 Å². The van der Waals surface area contributed by atoms with E-state index in [-0.39, 0.29) is 18.1 Å². The number of methoxy groups -OCH3 is 1. The highest BCUT2D eigenvalue weighted by Gasteiger charge is 2.08. The summed E-state index contributed by atoms with van der Waals surface area (Å²) in [7, 11) is 1.64. The molecule has 0 aromatic heterocycles. The zero-order valence-corrected chi connectivity index (χ0v) is 12.0. The third-order valence-corrected chi connectivity index (χ3v) is 3.02. The van der Waals surface area contributed by atoms with E-state index < -0.39 is 0 Å². The van der Waals surface area contributed by atoms with Crippen molar-refractivity contribution in [3.05, 3.63) is 28.8 Å². The zero-order chi connectivity index (χ0) is 14.4. The normalized spacial score (nSPS) is 10.1. The van der Waals surface area contributed by atoms with Crippen molar-refractivity contribution in [3.63, 3.8) is 0 Å². The Kier molecular flexibility index (Phi) is 5.55. The molecule has 0 fully saturated rings. The number of aryl methyl sites for hydroxylation is 2. The summed E-state index contributed by atoms with van der Waals surface area (Å²) in [6.45, 7) is 6.00. The first kappa shape index (κ1) is 15.2. The molecule has 0 heterocycles. The molecule has 0 aliphatic heterocycles. The number of carbonyl (C=O) groups is 2. The Morgan fingerprint density at radius 2 is 1.84 bits per heavy atom. The molecule has 0 aliphatic carbocycles. The van der Waals surface area contributed by atoms with Gasteiger partial charge in [-0.2, -0.15) is 0 Å². The van der Waals surface area contributed by atoms with Crippen LogP contribution >= 0.6 is 0 Å². The molecule has 1 amide bonds. The van der Waals surface area contributed by atoms with Gasteiger partial charge in [-0.05, 0) is 49.9 Å². The van der Waals surface area contributed by atoms with Crippen molar-refractivity contribution in [1.82, 2.24) is 5.32 Å². The minimum atomic E-state index is -0.227. The van der Waals surface area contributed by atoms with Crippen LogP contribution in [-0.4, -0.2) is 25.3 Å². The molecular formula is C15H21NO3. The Morgan fingerprint density at radius 1 is 1.21 bits per heavy atom. The van der Waals surface area contributed by atoms with Gasteiger partial charge < -0.3 is 10.1 Å². The smallest absolute Gasteiger partial charge is 0.227 e. The van der Waals surface area contributed by atoms with E-state index in [9.17, 15) is 9.59 Å². The number of hydrogen-bond donors (Lipinski definition) is 1. The second-order valence-corrected chi connectivity index (χ2v) is 4.73. The van der Waals surface area contributed by atoms with E-state index in [1.165, 1.54) is 18.1 Å². The van der Waals surface area contributed by atoms with E-state index in [1.54, 1.807) is 7.11 Å². The highest BCUT2D eigenvalue weighted by atomic mass is 16.5. The molecule has 0 atom stereocenters. The molecule has 0 bridgehead atoms. The molecule has 0 radical (unpaired) electrons. The van der Waals surface area contributed by atoms with Gasteiger partial charge in [-0.3, -0.25) is 9.59 Å². The summed E-state index contributed by atoms with van der Waals surface area (Å²) in [4.78, 5) is 22.1. The van der Waals surface area contributed by atoms with Crippen LogP contribution in [0, 0.1) is 13.8 Å². The molecule has 1 aromatic carbocycles. The highest BCUT2D eigenvalue weighted by Crippen LogP contribution is 2.23. The second-order valence-electron chi connectivity index (χ2n) is 4.73. The van der Waals surface area contributed by atoms with Crippen LogP contribution in [0.15, 0.2) is 12.1 Å². The van der Waals surface area contributed by atoms with Crippen LogP contribution in [0.25, 0.3) is 0 Å².